The van der Waals surface area contributed by atoms with Gasteiger partial charge in [-0.25, -0.2) is 0 Å². The molecule has 0 amide bonds. The zero-order chi connectivity index (χ0) is 36.2. The molecule has 0 aliphatic carbocycles. The maximum absolute atomic E-state index is 12.8. The number of fused-ring (bicyclic) bond motifs is 1. The number of hydrogen-bond donors (Lipinski definition) is 0. The van der Waals surface area contributed by atoms with Gasteiger partial charge in [0.2, 0.25) is 0 Å². The highest BCUT2D eigenvalue weighted by Gasteiger charge is 2.35. The number of hydrogen-bond acceptors (Lipinski definition) is 8. The molecule has 0 spiro atoms. The molecule has 278 valence electrons. The molecule has 10 nitrogen and oxygen atoms in total. The summed E-state index contributed by atoms with van der Waals surface area (Å²) in [6.07, 6.45) is 13.2. The number of benzene rings is 1. The molecule has 0 unspecified atom stereocenters. The van der Waals surface area contributed by atoms with Gasteiger partial charge in [-0.05, 0) is 93.4 Å². The predicted molar refractivity (Wildman–Crippen MR) is 194 cm³/mol. The number of rotatable bonds is 25. The highest BCUT2D eigenvalue weighted by molar-refractivity contribution is 5.80. The molecule has 2 rings (SSSR count). The van der Waals surface area contributed by atoms with Gasteiger partial charge in [0.25, 0.3) is 0 Å². The van der Waals surface area contributed by atoms with E-state index in [-0.39, 0.29) is 38.2 Å². The molecule has 1 aliphatic heterocycles. The van der Waals surface area contributed by atoms with Gasteiger partial charge >= 0.3 is 11.9 Å². The van der Waals surface area contributed by atoms with Crippen LogP contribution in [0.1, 0.15) is 134 Å². The number of carbonyl (C=O) groups excluding carboxylic acids is 2. The third-order valence-corrected chi connectivity index (χ3v) is 9.85. The molecule has 3 atom stereocenters. The van der Waals surface area contributed by atoms with Crippen molar-refractivity contribution in [3.05, 3.63) is 32.7 Å². The van der Waals surface area contributed by atoms with Crippen molar-refractivity contribution in [1.29, 1.82) is 0 Å². The fourth-order valence-corrected chi connectivity index (χ4v) is 6.54. The molecule has 0 aromatic heterocycles. The highest BCUT2D eigenvalue weighted by atomic mass is 16.6. The van der Waals surface area contributed by atoms with Gasteiger partial charge in [-0.3, -0.25) is 9.59 Å². The second kappa shape index (κ2) is 22.8. The van der Waals surface area contributed by atoms with Crippen molar-refractivity contribution in [3.8, 4) is 11.5 Å². The molecule has 0 radical (unpaired) electrons. The normalized spacial score (nSPS) is 16.8. The van der Waals surface area contributed by atoms with Gasteiger partial charge in [0, 0.05) is 17.0 Å². The van der Waals surface area contributed by atoms with E-state index in [2.05, 4.69) is 44.6 Å². The summed E-state index contributed by atoms with van der Waals surface area (Å²) in [5.41, 5.74) is 11.9. The van der Waals surface area contributed by atoms with E-state index in [1.807, 2.05) is 20.8 Å². The Kier molecular flexibility index (Phi) is 19.7. The van der Waals surface area contributed by atoms with Crippen LogP contribution in [0.15, 0.2) is 5.11 Å². The van der Waals surface area contributed by atoms with E-state index in [9.17, 15) is 9.59 Å². The van der Waals surface area contributed by atoms with Gasteiger partial charge in [-0.15, -0.1) is 0 Å². The van der Waals surface area contributed by atoms with E-state index in [1.54, 1.807) is 0 Å². The van der Waals surface area contributed by atoms with Crippen LogP contribution in [0.3, 0.4) is 0 Å². The van der Waals surface area contributed by atoms with Crippen LogP contribution in [0.5, 0.6) is 11.5 Å². The maximum Gasteiger partial charge on any atom is 0.311 e. The van der Waals surface area contributed by atoms with Crippen LogP contribution in [0, 0.1) is 38.5 Å². The van der Waals surface area contributed by atoms with Gasteiger partial charge in [0.05, 0.1) is 39.3 Å². The first-order valence-corrected chi connectivity index (χ1v) is 18.7. The number of nitrogens with zero attached hydrogens (tertiary/aromatic N) is 3. The van der Waals surface area contributed by atoms with E-state index < -0.39 is 11.9 Å². The van der Waals surface area contributed by atoms with E-state index >= 15 is 0 Å². The Morgan fingerprint density at radius 1 is 0.816 bits per heavy atom. The lowest BCUT2D eigenvalue weighted by Crippen LogP contribution is -2.37. The quantitative estimate of drug-likeness (QED) is 0.0250. The van der Waals surface area contributed by atoms with Gasteiger partial charge in [0.1, 0.15) is 23.7 Å². The van der Waals surface area contributed by atoms with Crippen molar-refractivity contribution in [2.24, 2.45) is 22.9 Å². The summed E-state index contributed by atoms with van der Waals surface area (Å²) >= 11 is 0. The van der Waals surface area contributed by atoms with E-state index in [0.717, 1.165) is 71.4 Å². The zero-order valence-electron chi connectivity index (χ0n) is 31.9. The van der Waals surface area contributed by atoms with Crippen LogP contribution < -0.4 is 9.47 Å². The molecule has 1 heterocycles. The van der Waals surface area contributed by atoms with Crippen LogP contribution in [0.25, 0.3) is 10.4 Å². The molecule has 0 bridgehead atoms. The van der Waals surface area contributed by atoms with E-state index in [0.29, 0.717) is 25.6 Å². The number of carbonyl (C=O) groups is 2. The zero-order valence-corrected chi connectivity index (χ0v) is 31.9. The second-order valence-corrected chi connectivity index (χ2v) is 14.8. The van der Waals surface area contributed by atoms with Crippen molar-refractivity contribution in [1.82, 2.24) is 0 Å². The van der Waals surface area contributed by atoms with E-state index in [4.69, 9.17) is 29.2 Å². The van der Waals surface area contributed by atoms with Crippen LogP contribution >= 0.6 is 0 Å². The average molecular weight is 688 g/mol. The van der Waals surface area contributed by atoms with Crippen molar-refractivity contribution in [2.75, 3.05) is 39.6 Å². The predicted octanol–water partition coefficient (Wildman–Crippen LogP) is 9.71. The van der Waals surface area contributed by atoms with Gasteiger partial charge in [0.15, 0.2) is 0 Å². The van der Waals surface area contributed by atoms with Crippen molar-refractivity contribution in [2.45, 2.75) is 144 Å². The molecule has 0 fully saturated rings. The SMILES string of the molecule is Cc1c(C)c2c(c(C)c1OC(=O)CCC(=O)OCCOCCOCCN=[N+]=[N-])CC[C@@](C)(CCC[C@H](C)CCC[C@H](C)CCCC(C)C)O2. The molecule has 1 aliphatic rings. The third-order valence-electron chi connectivity index (χ3n) is 9.85. The third kappa shape index (κ3) is 16.2. The fourth-order valence-electron chi connectivity index (χ4n) is 6.54. The lowest BCUT2D eigenvalue weighted by Gasteiger charge is -2.38. The lowest BCUT2D eigenvalue weighted by molar-refractivity contribution is -0.148. The van der Waals surface area contributed by atoms with Crippen LogP contribution in [0.2, 0.25) is 0 Å². The summed E-state index contributed by atoms with van der Waals surface area (Å²) in [7, 11) is 0. The Hall–Kier alpha value is -2.81. The Morgan fingerprint density at radius 3 is 2.06 bits per heavy atom. The monoisotopic (exact) mass is 687 g/mol. The van der Waals surface area contributed by atoms with Gasteiger partial charge in [-0.1, -0.05) is 77.8 Å². The number of azide groups is 1. The number of ether oxygens (including phenoxy) is 5. The Labute approximate surface area is 295 Å². The first-order valence-electron chi connectivity index (χ1n) is 18.7. The Bertz CT molecular complexity index is 1210. The molecular weight excluding hydrogens is 622 g/mol. The summed E-state index contributed by atoms with van der Waals surface area (Å²) in [5.74, 6) is 2.95. The molecule has 1 aromatic carbocycles. The van der Waals surface area contributed by atoms with Crippen LogP contribution in [-0.2, 0) is 30.2 Å². The van der Waals surface area contributed by atoms with Crippen molar-refractivity contribution < 1.29 is 33.3 Å². The van der Waals surface area contributed by atoms with Crippen LogP contribution in [-0.4, -0.2) is 57.1 Å². The Balaban J connectivity index is 1.75. The summed E-state index contributed by atoms with van der Waals surface area (Å²) in [6, 6.07) is 0. The summed E-state index contributed by atoms with van der Waals surface area (Å²) < 4.78 is 28.3. The molecule has 0 saturated heterocycles. The Morgan fingerprint density at radius 2 is 1.41 bits per heavy atom. The average Bonchev–Trinajstić information content (AvgIpc) is 3.05. The molecule has 10 heteroatoms. The first kappa shape index (κ1) is 42.4. The van der Waals surface area contributed by atoms with Crippen LogP contribution in [0.4, 0.5) is 0 Å². The fraction of sp³-hybridized carbons (Fsp3) is 0.795. The summed E-state index contributed by atoms with van der Waals surface area (Å²) in [6.45, 7) is 19.3. The molecule has 49 heavy (non-hydrogen) atoms. The topological polar surface area (TPSA) is 129 Å². The minimum atomic E-state index is -0.481. The minimum absolute atomic E-state index is 0.0684. The molecule has 0 saturated carbocycles. The van der Waals surface area contributed by atoms with Gasteiger partial charge < -0.3 is 23.7 Å². The van der Waals surface area contributed by atoms with Crippen molar-refractivity contribution >= 4 is 11.9 Å². The molecule has 1 aromatic rings. The molecule has 0 N–H and O–H groups in total. The largest absolute Gasteiger partial charge is 0.487 e. The first-order chi connectivity index (χ1) is 23.4. The van der Waals surface area contributed by atoms with E-state index in [1.165, 1.54) is 44.9 Å². The highest BCUT2D eigenvalue weighted by Crippen LogP contribution is 2.45. The minimum Gasteiger partial charge on any atom is -0.487 e. The summed E-state index contributed by atoms with van der Waals surface area (Å²) in [5, 5.41) is 3.37. The summed E-state index contributed by atoms with van der Waals surface area (Å²) in [4.78, 5) is 27.5. The molecular formula is C39H65N3O7. The van der Waals surface area contributed by atoms with Crippen molar-refractivity contribution in [3.63, 3.8) is 0 Å². The van der Waals surface area contributed by atoms with Gasteiger partial charge in [-0.2, -0.15) is 0 Å². The smallest absolute Gasteiger partial charge is 0.311 e. The maximum atomic E-state index is 12.8. The standard InChI is InChI=1S/C39H65N3O7/c1-28(2)12-9-13-29(3)14-10-15-30(4)16-11-20-39(8)21-19-34-33(7)37(31(5)32(6)38(34)49-39)48-36(44)18-17-35(43)47-27-26-46-25-24-45-23-22-41-42-40/h28-30H,9-27H2,1-8H3/t29-,30-,39-/m1/s1. The number of esters is 2. The second-order valence-electron chi connectivity index (χ2n) is 14.8. The lowest BCUT2D eigenvalue weighted by atomic mass is 9.83.